The van der Waals surface area contributed by atoms with Crippen molar-refractivity contribution in [2.75, 3.05) is 6.54 Å². The van der Waals surface area contributed by atoms with Crippen LogP contribution in [0.1, 0.15) is 65.7 Å². The molecule has 0 radical (unpaired) electrons. The second-order valence-electron chi connectivity index (χ2n) is 6.87. The van der Waals surface area contributed by atoms with Gasteiger partial charge in [0, 0.05) is 6.04 Å². The molecule has 4 atom stereocenters. The van der Waals surface area contributed by atoms with Crippen LogP contribution in [-0.2, 0) is 0 Å². The SMILES string of the molecule is CCCNC(CCC(C)C)C1CC2CCC1C2. The zero-order valence-corrected chi connectivity index (χ0v) is 12.0. The van der Waals surface area contributed by atoms with Gasteiger partial charge in [0.15, 0.2) is 0 Å². The molecule has 0 aliphatic heterocycles. The van der Waals surface area contributed by atoms with Crippen molar-refractivity contribution in [2.24, 2.45) is 23.7 Å². The maximum absolute atomic E-state index is 3.85. The van der Waals surface area contributed by atoms with E-state index in [1.54, 1.807) is 6.42 Å². The second kappa shape index (κ2) is 6.22. The van der Waals surface area contributed by atoms with E-state index in [0.29, 0.717) is 0 Å². The van der Waals surface area contributed by atoms with Gasteiger partial charge >= 0.3 is 0 Å². The molecule has 0 aromatic carbocycles. The third-order valence-electron chi connectivity index (χ3n) is 5.02. The number of hydrogen-bond acceptors (Lipinski definition) is 1. The molecule has 1 heteroatoms. The summed E-state index contributed by atoms with van der Waals surface area (Å²) in [6.07, 6.45) is 10.2. The van der Waals surface area contributed by atoms with Gasteiger partial charge < -0.3 is 5.32 Å². The van der Waals surface area contributed by atoms with Crippen LogP contribution in [0, 0.1) is 23.7 Å². The Morgan fingerprint density at radius 1 is 1.12 bits per heavy atom. The normalized spacial score (nSPS) is 33.5. The summed E-state index contributed by atoms with van der Waals surface area (Å²) in [5, 5.41) is 3.85. The second-order valence-corrected chi connectivity index (χ2v) is 6.87. The molecule has 2 aliphatic carbocycles. The molecule has 4 unspecified atom stereocenters. The number of rotatable bonds is 7. The molecular weight excluding hydrogens is 206 g/mol. The summed E-state index contributed by atoms with van der Waals surface area (Å²) >= 11 is 0. The summed E-state index contributed by atoms with van der Waals surface area (Å²) < 4.78 is 0. The average Bonchev–Trinajstić information content (AvgIpc) is 2.90. The Morgan fingerprint density at radius 3 is 2.47 bits per heavy atom. The van der Waals surface area contributed by atoms with E-state index in [4.69, 9.17) is 0 Å². The summed E-state index contributed by atoms with van der Waals surface area (Å²) in [4.78, 5) is 0. The molecule has 2 aliphatic rings. The molecule has 0 aromatic heterocycles. The first-order valence-electron chi connectivity index (χ1n) is 7.94. The molecule has 0 spiro atoms. The molecule has 2 bridgehead atoms. The van der Waals surface area contributed by atoms with Gasteiger partial charge in [-0.1, -0.05) is 27.2 Å². The molecule has 2 fully saturated rings. The standard InChI is InChI=1S/C16H31N/c1-4-9-17-16(8-5-12(2)3)15-11-13-6-7-14(15)10-13/h12-17H,4-11H2,1-3H3. The molecule has 0 amide bonds. The van der Waals surface area contributed by atoms with Crippen molar-refractivity contribution in [3.63, 3.8) is 0 Å². The van der Waals surface area contributed by atoms with E-state index < -0.39 is 0 Å². The van der Waals surface area contributed by atoms with E-state index in [1.807, 2.05) is 0 Å². The van der Waals surface area contributed by atoms with Crippen LogP contribution in [-0.4, -0.2) is 12.6 Å². The van der Waals surface area contributed by atoms with Crippen LogP contribution in [0.3, 0.4) is 0 Å². The van der Waals surface area contributed by atoms with Crippen LogP contribution < -0.4 is 5.32 Å². The predicted molar refractivity (Wildman–Crippen MR) is 75.1 cm³/mol. The summed E-state index contributed by atoms with van der Waals surface area (Å²) in [6, 6.07) is 0.827. The first kappa shape index (κ1) is 13.4. The van der Waals surface area contributed by atoms with Crippen LogP contribution in [0.2, 0.25) is 0 Å². The highest BCUT2D eigenvalue weighted by molar-refractivity contribution is 4.95. The topological polar surface area (TPSA) is 12.0 Å². The van der Waals surface area contributed by atoms with Crippen LogP contribution in [0.4, 0.5) is 0 Å². The minimum atomic E-state index is 0.827. The molecule has 2 rings (SSSR count). The lowest BCUT2D eigenvalue weighted by Gasteiger charge is -2.32. The van der Waals surface area contributed by atoms with Crippen LogP contribution in [0.5, 0.6) is 0 Å². The molecule has 1 nitrogen and oxygen atoms in total. The van der Waals surface area contributed by atoms with E-state index in [0.717, 1.165) is 29.7 Å². The fourth-order valence-electron chi connectivity index (χ4n) is 4.10. The maximum Gasteiger partial charge on any atom is 0.00981 e. The van der Waals surface area contributed by atoms with Gasteiger partial charge in [-0.05, 0) is 68.7 Å². The number of nitrogens with one attached hydrogen (secondary N) is 1. The zero-order valence-electron chi connectivity index (χ0n) is 12.0. The lowest BCUT2D eigenvalue weighted by molar-refractivity contribution is 0.230. The summed E-state index contributed by atoms with van der Waals surface area (Å²) in [5.41, 5.74) is 0. The van der Waals surface area contributed by atoms with Gasteiger partial charge in [-0.15, -0.1) is 0 Å². The Morgan fingerprint density at radius 2 is 1.94 bits per heavy atom. The predicted octanol–water partition coefficient (Wildman–Crippen LogP) is 4.23. The fraction of sp³-hybridized carbons (Fsp3) is 1.00. The molecule has 1 N–H and O–H groups in total. The molecule has 2 saturated carbocycles. The zero-order chi connectivity index (χ0) is 12.3. The number of fused-ring (bicyclic) bond motifs is 2. The minimum absolute atomic E-state index is 0.827. The molecule has 0 heterocycles. The van der Waals surface area contributed by atoms with E-state index in [2.05, 4.69) is 26.1 Å². The molecule has 0 saturated heterocycles. The summed E-state index contributed by atoms with van der Waals surface area (Å²) in [6.45, 7) is 8.22. The Kier molecular flexibility index (Phi) is 4.90. The van der Waals surface area contributed by atoms with Gasteiger partial charge in [-0.25, -0.2) is 0 Å². The Balaban J connectivity index is 1.85. The van der Waals surface area contributed by atoms with Crippen molar-refractivity contribution in [1.82, 2.24) is 5.32 Å². The highest BCUT2D eigenvalue weighted by Crippen LogP contribution is 2.50. The lowest BCUT2D eigenvalue weighted by Crippen LogP contribution is -2.39. The van der Waals surface area contributed by atoms with E-state index in [-0.39, 0.29) is 0 Å². The van der Waals surface area contributed by atoms with Gasteiger partial charge in [-0.3, -0.25) is 0 Å². The maximum atomic E-state index is 3.85. The van der Waals surface area contributed by atoms with Gasteiger partial charge in [0.25, 0.3) is 0 Å². The molecular formula is C16H31N. The van der Waals surface area contributed by atoms with Crippen molar-refractivity contribution >= 4 is 0 Å². The van der Waals surface area contributed by atoms with E-state index in [9.17, 15) is 0 Å². The quantitative estimate of drug-likeness (QED) is 0.699. The molecule has 100 valence electrons. The van der Waals surface area contributed by atoms with Crippen molar-refractivity contribution < 1.29 is 0 Å². The van der Waals surface area contributed by atoms with Crippen molar-refractivity contribution in [3.8, 4) is 0 Å². The van der Waals surface area contributed by atoms with Gasteiger partial charge in [0.2, 0.25) is 0 Å². The van der Waals surface area contributed by atoms with Crippen molar-refractivity contribution in [2.45, 2.75) is 71.8 Å². The fourth-order valence-corrected chi connectivity index (χ4v) is 4.10. The monoisotopic (exact) mass is 237 g/mol. The van der Waals surface area contributed by atoms with Gasteiger partial charge in [0.05, 0.1) is 0 Å². The summed E-state index contributed by atoms with van der Waals surface area (Å²) in [7, 11) is 0. The van der Waals surface area contributed by atoms with Crippen molar-refractivity contribution in [3.05, 3.63) is 0 Å². The Hall–Kier alpha value is -0.0400. The van der Waals surface area contributed by atoms with E-state index >= 15 is 0 Å². The first-order valence-corrected chi connectivity index (χ1v) is 7.94. The highest BCUT2D eigenvalue weighted by atomic mass is 14.9. The van der Waals surface area contributed by atoms with Crippen LogP contribution in [0.25, 0.3) is 0 Å². The van der Waals surface area contributed by atoms with Gasteiger partial charge in [0.1, 0.15) is 0 Å². The Bertz CT molecular complexity index is 224. The molecule has 0 aromatic rings. The largest absolute Gasteiger partial charge is 0.314 e. The smallest absolute Gasteiger partial charge is 0.00981 e. The average molecular weight is 237 g/mol. The Labute approximate surface area is 108 Å². The van der Waals surface area contributed by atoms with Crippen molar-refractivity contribution in [1.29, 1.82) is 0 Å². The summed E-state index contributed by atoms with van der Waals surface area (Å²) in [5.74, 6) is 4.04. The third kappa shape index (κ3) is 3.47. The van der Waals surface area contributed by atoms with Gasteiger partial charge in [-0.2, -0.15) is 0 Å². The number of hydrogen-bond donors (Lipinski definition) is 1. The first-order chi connectivity index (χ1) is 8.20. The third-order valence-corrected chi connectivity index (χ3v) is 5.02. The minimum Gasteiger partial charge on any atom is -0.314 e. The highest BCUT2D eigenvalue weighted by Gasteiger charge is 2.42. The molecule has 17 heavy (non-hydrogen) atoms. The van der Waals surface area contributed by atoms with Crippen LogP contribution >= 0.6 is 0 Å². The lowest BCUT2D eigenvalue weighted by atomic mass is 9.81. The van der Waals surface area contributed by atoms with E-state index in [1.165, 1.54) is 45.1 Å². The van der Waals surface area contributed by atoms with Crippen LogP contribution in [0.15, 0.2) is 0 Å².